The second kappa shape index (κ2) is 16.9. The summed E-state index contributed by atoms with van der Waals surface area (Å²) >= 11 is -2.80. The van der Waals surface area contributed by atoms with Crippen molar-refractivity contribution in [3.05, 3.63) is 91.0 Å². The Morgan fingerprint density at radius 1 is 0.612 bits per heavy atom. The van der Waals surface area contributed by atoms with Crippen molar-refractivity contribution in [1.29, 1.82) is 0 Å². The van der Waals surface area contributed by atoms with Crippen LogP contribution in [0.2, 0.25) is 4.58 Å². The van der Waals surface area contributed by atoms with Crippen LogP contribution in [0.3, 0.4) is 0 Å². The molecule has 3 aliphatic rings. The summed E-state index contributed by atoms with van der Waals surface area (Å²) in [5.41, 5.74) is 8.12. The van der Waals surface area contributed by atoms with Crippen molar-refractivity contribution in [1.82, 2.24) is 0 Å². The van der Waals surface area contributed by atoms with E-state index in [0.717, 1.165) is 22.8 Å². The number of halogens is 1. The monoisotopic (exact) mass is 893 g/mol. The number of anilines is 1. The maximum atomic E-state index is 6.73. The first-order valence-electron chi connectivity index (χ1n) is 18.6. The molecule has 2 fully saturated rings. The number of benzene rings is 4. The van der Waals surface area contributed by atoms with Gasteiger partial charge in [-0.25, -0.2) is 0 Å². The number of rotatable bonds is 8. The Morgan fingerprint density at radius 2 is 1.10 bits per heavy atom. The molecule has 0 amide bonds. The van der Waals surface area contributed by atoms with E-state index in [1.165, 1.54) is 95.4 Å². The number of hydrogen-bond donors (Lipinski definition) is 1. The first kappa shape index (κ1) is 36.7. The molecular formula is C43H56ClNO2PPo+. The molecule has 1 N–H and O–H groups in total. The van der Waals surface area contributed by atoms with Gasteiger partial charge in [-0.2, -0.15) is 0 Å². The molecule has 1 atom stereocenters. The van der Waals surface area contributed by atoms with E-state index in [0.29, 0.717) is 0 Å². The molecular weight excluding hydrogens is 838 g/mol. The van der Waals surface area contributed by atoms with Crippen molar-refractivity contribution >= 4 is 50.2 Å². The van der Waals surface area contributed by atoms with Gasteiger partial charge >= 0.3 is 104 Å². The maximum absolute atomic E-state index is 6.73. The van der Waals surface area contributed by atoms with E-state index in [4.69, 9.17) is 17.9 Å². The van der Waals surface area contributed by atoms with E-state index in [-0.39, 0.29) is 12.2 Å². The molecule has 0 aromatic heterocycles. The molecule has 4 aromatic carbocycles. The Labute approximate surface area is 305 Å². The van der Waals surface area contributed by atoms with E-state index < -0.39 is 27.6 Å². The number of ether oxygens (including phenoxy) is 2. The third kappa shape index (κ3) is 8.86. The Hall–Kier alpha value is -2.10. The molecule has 4 aromatic rings. The first-order valence-corrected chi connectivity index (χ1v) is 30.5. The summed E-state index contributed by atoms with van der Waals surface area (Å²) in [5, 5.41) is 1.63. The van der Waals surface area contributed by atoms with Crippen LogP contribution in [0.25, 0.3) is 22.3 Å². The molecule has 3 nitrogen and oxygen atoms in total. The summed E-state index contributed by atoms with van der Waals surface area (Å²) in [4.78, 5) is 0. The summed E-state index contributed by atoms with van der Waals surface area (Å²) in [6.07, 6.45) is 14.5. The Morgan fingerprint density at radius 3 is 1.67 bits per heavy atom. The van der Waals surface area contributed by atoms with E-state index >= 15 is 0 Å². The summed E-state index contributed by atoms with van der Waals surface area (Å²) in [6.45, 7) is 8.46. The van der Waals surface area contributed by atoms with Gasteiger partial charge in [0, 0.05) is 13.5 Å². The van der Waals surface area contributed by atoms with Gasteiger partial charge < -0.3 is 9.47 Å². The summed E-state index contributed by atoms with van der Waals surface area (Å²) in [6, 6.07) is 32.5. The minimum atomic E-state index is -2.80. The zero-order valence-corrected chi connectivity index (χ0v) is 35.1. The van der Waals surface area contributed by atoms with E-state index in [9.17, 15) is 0 Å². The third-order valence-electron chi connectivity index (χ3n) is 10.1. The quantitative estimate of drug-likeness (QED) is 0.179. The van der Waals surface area contributed by atoms with Crippen molar-refractivity contribution in [2.24, 2.45) is 0 Å². The zero-order valence-electron chi connectivity index (χ0n) is 30.1. The van der Waals surface area contributed by atoms with Crippen molar-refractivity contribution in [3.63, 3.8) is 0 Å². The van der Waals surface area contributed by atoms with Gasteiger partial charge in [-0.15, -0.1) is 0 Å². The molecule has 1 heterocycles. The van der Waals surface area contributed by atoms with Crippen LogP contribution in [0.1, 0.15) is 91.9 Å². The van der Waals surface area contributed by atoms with Crippen molar-refractivity contribution in [2.45, 2.75) is 120 Å². The molecule has 1 aliphatic heterocycles. The standard InChI is InChI=1S/C30H43O2P.C12H9N.CH3.ClH.Po/c1-22(2)31-27-19-13-20-28(32-23(3)4)30(27)26-18-11-12-21-29(26)33(24-14-7-5-8-15-24)25-16-9-6-10-17-25;13-12-9-5-4-8-11(12)10-6-2-1-3-7-10;;;/h11-13,18-25H,5-10,14-17H2,1-4H3;1-6,8-9,13H;1H3;1H;/q;-1;;;+2. The molecule has 0 spiro atoms. The van der Waals surface area contributed by atoms with Crippen LogP contribution in [-0.2, 0) is 0 Å². The minimum absolute atomic E-state index is 0.131. The molecule has 0 radical (unpaired) electrons. The van der Waals surface area contributed by atoms with E-state index in [1.807, 2.05) is 0 Å². The van der Waals surface area contributed by atoms with Gasteiger partial charge in [0.2, 0.25) is 0 Å². The van der Waals surface area contributed by atoms with Crippen LogP contribution in [0, 0.1) is 0 Å². The van der Waals surface area contributed by atoms with Crippen molar-refractivity contribution in [2.75, 3.05) is 3.22 Å². The Bertz CT molecular complexity index is 1630. The fraction of sp³-hybridized carbons (Fsp3) is 0.442. The first-order chi connectivity index (χ1) is 23.7. The topological polar surface area (TPSA) is 30.5 Å². The van der Waals surface area contributed by atoms with Gasteiger partial charge in [-0.1, -0.05) is 37.1 Å². The molecule has 1 unspecified atom stereocenters. The third-order valence-corrected chi connectivity index (χ3v) is 23.2. The summed E-state index contributed by atoms with van der Waals surface area (Å²) < 4.78 is 19.9. The number of para-hydroxylation sites is 1. The normalized spacial score (nSPS) is 20.8. The molecule has 49 heavy (non-hydrogen) atoms. The van der Waals surface area contributed by atoms with Gasteiger partial charge in [0.05, 0.1) is 29.1 Å². The van der Waals surface area contributed by atoms with Gasteiger partial charge in [0.25, 0.3) is 0 Å². The van der Waals surface area contributed by atoms with Crippen LogP contribution in [0.4, 0.5) is 5.69 Å². The molecule has 2 aliphatic carbocycles. The molecule has 7 rings (SSSR count). The predicted octanol–water partition coefficient (Wildman–Crippen LogP) is 11.7. The summed E-state index contributed by atoms with van der Waals surface area (Å²) in [7, 11) is 6.03. The van der Waals surface area contributed by atoms with Crippen LogP contribution in [-0.4, -0.2) is 43.2 Å². The van der Waals surface area contributed by atoms with Gasteiger partial charge in [0.15, 0.2) is 0 Å². The average Bonchev–Trinajstić information content (AvgIpc) is 3.10. The summed E-state index contributed by atoms with van der Waals surface area (Å²) in [5.74, 6) is 1.92. The second-order valence-corrected chi connectivity index (χ2v) is 32.0. The molecule has 0 bridgehead atoms. The second-order valence-electron chi connectivity index (χ2n) is 14.6. The van der Waals surface area contributed by atoms with Crippen LogP contribution >= 0.6 is 16.4 Å². The van der Waals surface area contributed by atoms with Crippen molar-refractivity contribution in [3.8, 4) is 33.8 Å². The molecule has 262 valence electrons. The van der Waals surface area contributed by atoms with Gasteiger partial charge in [0.1, 0.15) is 16.8 Å². The molecule has 0 saturated heterocycles. The Balaban J connectivity index is 0.000000216. The van der Waals surface area contributed by atoms with Gasteiger partial charge in [-0.05, 0) is 97.3 Å². The van der Waals surface area contributed by atoms with Gasteiger partial charge in [-0.3, -0.25) is 0 Å². The number of hydrogen-bond acceptors (Lipinski definition) is 3. The van der Waals surface area contributed by atoms with E-state index in [1.54, 1.807) is 5.30 Å². The number of fused-ring (bicyclic) bond motifs is 3. The molecule has 6 heteroatoms. The van der Waals surface area contributed by atoms with E-state index in [2.05, 4.69) is 126 Å². The average molecular weight is 894 g/mol. The SMILES string of the molecule is CC(C)Oc1cccc(OC(C)C)c1-c1ccccc1[PH+](C1CCCCC1)C1CCCCC1.[CH3][Po]1([Cl])[NH]c2ccccc2-c2cccc[c]21. The fourth-order valence-electron chi connectivity index (χ4n) is 8.13. The van der Waals surface area contributed by atoms with Crippen LogP contribution in [0.15, 0.2) is 91.0 Å². The molecule has 2 saturated carbocycles. The Kier molecular flexibility index (Phi) is 12.7. The van der Waals surface area contributed by atoms with Crippen LogP contribution < -0.4 is 21.2 Å². The van der Waals surface area contributed by atoms with Crippen molar-refractivity contribution < 1.29 is 9.47 Å². The predicted molar refractivity (Wildman–Crippen MR) is 218 cm³/mol. The fourth-order valence-corrected chi connectivity index (χ4v) is 20.8. The zero-order chi connectivity index (χ0) is 34.4. The number of nitrogens with one attached hydrogen (secondary N) is 1. The van der Waals surface area contributed by atoms with Crippen LogP contribution in [0.5, 0.6) is 11.5 Å².